The van der Waals surface area contributed by atoms with Gasteiger partial charge >= 0.3 is 6.03 Å². The highest BCUT2D eigenvalue weighted by Crippen LogP contribution is 2.41. The predicted molar refractivity (Wildman–Crippen MR) is 83.2 cm³/mol. The molecule has 0 unspecified atom stereocenters. The molecular weight excluding hydrogens is 292 g/mol. The van der Waals surface area contributed by atoms with E-state index in [-0.39, 0.29) is 30.6 Å². The average Bonchev–Trinajstić information content (AvgIpc) is 3.23. The van der Waals surface area contributed by atoms with Crippen molar-refractivity contribution in [2.24, 2.45) is 7.05 Å². The Morgan fingerprint density at radius 2 is 1.83 bits per heavy atom. The summed E-state index contributed by atoms with van der Waals surface area (Å²) in [5, 5.41) is 4.27. The first-order chi connectivity index (χ1) is 11.1. The van der Waals surface area contributed by atoms with Crippen LogP contribution in [0.15, 0.2) is 42.6 Å². The standard InChI is InChI=1S/C17H18N4O2/c1-19-10-9-13(18-19)11-20-16(22)15-8-7-14(21(15)17(20)23)12-5-3-2-4-6-12/h2-6,9-10,14-15H,7-8,11H2,1H3/t14-,15-/m0/s1. The minimum absolute atomic E-state index is 0.00798. The maximum Gasteiger partial charge on any atom is 0.328 e. The third-order valence-electron chi connectivity index (χ3n) is 4.66. The Hall–Kier alpha value is -2.63. The van der Waals surface area contributed by atoms with Gasteiger partial charge in [0.15, 0.2) is 0 Å². The molecule has 0 N–H and O–H groups in total. The number of rotatable bonds is 3. The van der Waals surface area contributed by atoms with Gasteiger partial charge in [0, 0.05) is 13.2 Å². The number of fused-ring (bicyclic) bond motifs is 1. The van der Waals surface area contributed by atoms with E-state index in [1.54, 1.807) is 9.58 Å². The second-order valence-corrected chi connectivity index (χ2v) is 6.11. The molecule has 2 fully saturated rings. The van der Waals surface area contributed by atoms with Crippen LogP contribution in [0, 0.1) is 0 Å². The van der Waals surface area contributed by atoms with E-state index in [0.717, 1.165) is 24.1 Å². The van der Waals surface area contributed by atoms with Crippen LogP contribution in [-0.4, -0.2) is 37.6 Å². The van der Waals surface area contributed by atoms with Gasteiger partial charge in [-0.3, -0.25) is 14.4 Å². The minimum Gasteiger partial charge on any atom is -0.305 e. The Kier molecular flexibility index (Phi) is 3.18. The van der Waals surface area contributed by atoms with E-state index in [1.807, 2.05) is 49.6 Å². The second kappa shape index (κ2) is 5.22. The van der Waals surface area contributed by atoms with Crippen LogP contribution < -0.4 is 0 Å². The molecule has 2 aliphatic heterocycles. The number of hydrogen-bond acceptors (Lipinski definition) is 3. The Morgan fingerprint density at radius 1 is 1.09 bits per heavy atom. The fourth-order valence-electron chi connectivity index (χ4n) is 3.59. The molecule has 0 saturated carbocycles. The highest BCUT2D eigenvalue weighted by Gasteiger charge is 2.51. The summed E-state index contributed by atoms with van der Waals surface area (Å²) in [4.78, 5) is 28.5. The quantitative estimate of drug-likeness (QED) is 0.816. The molecule has 0 spiro atoms. The number of carbonyl (C=O) groups excluding carboxylic acids is 2. The summed E-state index contributed by atoms with van der Waals surface area (Å²) in [5.41, 5.74) is 1.82. The molecule has 6 nitrogen and oxygen atoms in total. The van der Waals surface area contributed by atoms with Crippen LogP contribution in [0.1, 0.15) is 30.1 Å². The van der Waals surface area contributed by atoms with Crippen molar-refractivity contribution in [1.29, 1.82) is 0 Å². The summed E-state index contributed by atoms with van der Waals surface area (Å²) >= 11 is 0. The molecule has 4 rings (SSSR count). The molecule has 3 heterocycles. The number of aromatic nitrogens is 2. The second-order valence-electron chi connectivity index (χ2n) is 6.11. The first-order valence-electron chi connectivity index (χ1n) is 7.82. The lowest BCUT2D eigenvalue weighted by Gasteiger charge is -2.23. The lowest BCUT2D eigenvalue weighted by atomic mass is 10.0. The molecule has 1 aromatic carbocycles. The van der Waals surface area contributed by atoms with Gasteiger partial charge in [0.05, 0.1) is 18.3 Å². The normalized spacial score (nSPS) is 23.7. The molecule has 23 heavy (non-hydrogen) atoms. The van der Waals surface area contributed by atoms with Crippen LogP contribution in [0.2, 0.25) is 0 Å². The number of carbonyl (C=O) groups is 2. The summed E-state index contributed by atoms with van der Waals surface area (Å²) in [6.07, 6.45) is 3.38. The van der Waals surface area contributed by atoms with Gasteiger partial charge in [-0.25, -0.2) is 4.79 Å². The summed E-state index contributed by atoms with van der Waals surface area (Å²) in [5.74, 6) is -0.0981. The fourth-order valence-corrected chi connectivity index (χ4v) is 3.59. The fraction of sp³-hybridized carbons (Fsp3) is 0.353. The Bertz CT molecular complexity index is 755. The van der Waals surface area contributed by atoms with Gasteiger partial charge in [0.2, 0.25) is 0 Å². The Labute approximate surface area is 134 Å². The molecule has 2 atom stereocenters. The molecule has 6 heteroatoms. The van der Waals surface area contributed by atoms with Gasteiger partial charge in [0.25, 0.3) is 5.91 Å². The molecule has 0 radical (unpaired) electrons. The van der Waals surface area contributed by atoms with E-state index in [0.29, 0.717) is 0 Å². The first-order valence-corrected chi connectivity index (χ1v) is 7.82. The number of imide groups is 1. The molecule has 0 bridgehead atoms. The van der Waals surface area contributed by atoms with Gasteiger partial charge in [0.1, 0.15) is 6.04 Å². The predicted octanol–water partition coefficient (Wildman–Crippen LogP) is 2.09. The number of benzene rings is 1. The monoisotopic (exact) mass is 310 g/mol. The van der Waals surface area contributed by atoms with E-state index in [4.69, 9.17) is 0 Å². The van der Waals surface area contributed by atoms with E-state index in [2.05, 4.69) is 5.10 Å². The van der Waals surface area contributed by atoms with Crippen molar-refractivity contribution in [2.45, 2.75) is 31.5 Å². The van der Waals surface area contributed by atoms with Crippen LogP contribution >= 0.6 is 0 Å². The third kappa shape index (κ3) is 2.21. The smallest absolute Gasteiger partial charge is 0.305 e. The average molecular weight is 310 g/mol. The molecule has 2 saturated heterocycles. The summed E-state index contributed by atoms with van der Waals surface area (Å²) in [6.45, 7) is 0.243. The van der Waals surface area contributed by atoms with Crippen molar-refractivity contribution in [3.05, 3.63) is 53.9 Å². The third-order valence-corrected chi connectivity index (χ3v) is 4.66. The van der Waals surface area contributed by atoms with Gasteiger partial charge in [-0.1, -0.05) is 30.3 Å². The zero-order valence-electron chi connectivity index (χ0n) is 12.9. The highest BCUT2D eigenvalue weighted by molar-refractivity contribution is 6.04. The molecule has 1 aromatic heterocycles. The van der Waals surface area contributed by atoms with Crippen molar-refractivity contribution in [2.75, 3.05) is 0 Å². The Morgan fingerprint density at radius 3 is 2.52 bits per heavy atom. The summed E-state index contributed by atoms with van der Waals surface area (Å²) in [7, 11) is 1.82. The highest BCUT2D eigenvalue weighted by atomic mass is 16.2. The van der Waals surface area contributed by atoms with Crippen molar-refractivity contribution < 1.29 is 9.59 Å². The van der Waals surface area contributed by atoms with Crippen molar-refractivity contribution >= 4 is 11.9 Å². The van der Waals surface area contributed by atoms with E-state index in [9.17, 15) is 9.59 Å². The zero-order valence-corrected chi connectivity index (χ0v) is 12.9. The Balaban J connectivity index is 1.60. The molecule has 2 aromatic rings. The van der Waals surface area contributed by atoms with Crippen LogP contribution in [0.5, 0.6) is 0 Å². The lowest BCUT2D eigenvalue weighted by Crippen LogP contribution is -2.34. The van der Waals surface area contributed by atoms with Crippen LogP contribution in [0.4, 0.5) is 4.79 Å². The maximum atomic E-state index is 12.8. The van der Waals surface area contributed by atoms with Gasteiger partial charge in [-0.15, -0.1) is 0 Å². The number of aryl methyl sites for hydroxylation is 1. The van der Waals surface area contributed by atoms with Gasteiger partial charge in [-0.2, -0.15) is 5.10 Å². The molecule has 2 aliphatic rings. The van der Waals surface area contributed by atoms with Crippen molar-refractivity contribution in [3.63, 3.8) is 0 Å². The zero-order chi connectivity index (χ0) is 16.0. The van der Waals surface area contributed by atoms with E-state index >= 15 is 0 Å². The summed E-state index contributed by atoms with van der Waals surface area (Å²) < 4.78 is 1.67. The summed E-state index contributed by atoms with van der Waals surface area (Å²) in [6, 6.07) is 11.2. The maximum absolute atomic E-state index is 12.8. The first kappa shape index (κ1) is 14.0. The SMILES string of the molecule is Cn1ccc(CN2C(=O)[C@@H]3CC[C@@H](c4ccccc4)N3C2=O)n1. The van der Waals surface area contributed by atoms with Gasteiger partial charge < -0.3 is 4.90 Å². The number of nitrogens with zero attached hydrogens (tertiary/aromatic N) is 4. The van der Waals surface area contributed by atoms with E-state index in [1.165, 1.54) is 4.90 Å². The lowest BCUT2D eigenvalue weighted by molar-refractivity contribution is -0.128. The largest absolute Gasteiger partial charge is 0.328 e. The minimum atomic E-state index is -0.323. The molecule has 0 aliphatic carbocycles. The van der Waals surface area contributed by atoms with Crippen molar-refractivity contribution in [1.82, 2.24) is 19.6 Å². The van der Waals surface area contributed by atoms with Crippen molar-refractivity contribution in [3.8, 4) is 0 Å². The van der Waals surface area contributed by atoms with Gasteiger partial charge in [-0.05, 0) is 24.5 Å². The molecule has 118 valence electrons. The number of urea groups is 1. The topological polar surface area (TPSA) is 58.4 Å². The van der Waals surface area contributed by atoms with E-state index < -0.39 is 0 Å². The van der Waals surface area contributed by atoms with Crippen LogP contribution in [0.25, 0.3) is 0 Å². The number of amides is 3. The molecule has 3 amide bonds. The van der Waals surface area contributed by atoms with Crippen LogP contribution in [0.3, 0.4) is 0 Å². The van der Waals surface area contributed by atoms with Crippen LogP contribution in [-0.2, 0) is 18.4 Å². The number of hydrogen-bond donors (Lipinski definition) is 0. The molecular formula is C17H18N4O2.